The van der Waals surface area contributed by atoms with E-state index in [1.54, 1.807) is 24.3 Å². The number of hydrogen-bond donors (Lipinski definition) is 2. The van der Waals surface area contributed by atoms with Crippen molar-refractivity contribution in [2.24, 2.45) is 5.73 Å². The Bertz CT molecular complexity index is 751. The van der Waals surface area contributed by atoms with E-state index in [0.29, 0.717) is 10.5 Å². The van der Waals surface area contributed by atoms with Crippen molar-refractivity contribution in [3.63, 3.8) is 0 Å². The zero-order chi connectivity index (χ0) is 18.2. The Kier molecular flexibility index (Phi) is 6.82. The third-order valence-electron chi connectivity index (χ3n) is 3.55. The summed E-state index contributed by atoms with van der Waals surface area (Å²) in [5.41, 5.74) is 5.94. The lowest BCUT2D eigenvalue weighted by Crippen LogP contribution is -2.45. The molecule has 0 heterocycles. The number of hydrogen-bond acceptors (Lipinski definition) is 3. The summed E-state index contributed by atoms with van der Waals surface area (Å²) in [5, 5.41) is 2.54. The van der Waals surface area contributed by atoms with Crippen molar-refractivity contribution in [1.29, 1.82) is 0 Å². The molecule has 25 heavy (non-hydrogen) atoms. The second kappa shape index (κ2) is 9.08. The van der Waals surface area contributed by atoms with Crippen molar-refractivity contribution in [3.05, 3.63) is 66.0 Å². The molecule has 2 amide bonds. The summed E-state index contributed by atoms with van der Waals surface area (Å²) >= 11 is 0. The molecular formula is C18H19FN2O3S. The summed E-state index contributed by atoms with van der Waals surface area (Å²) in [6, 6.07) is 13.5. The first-order chi connectivity index (χ1) is 12.0. The molecule has 0 unspecified atom stereocenters. The molecule has 7 heteroatoms. The minimum Gasteiger partial charge on any atom is -0.368 e. The molecule has 2 rings (SSSR count). The van der Waals surface area contributed by atoms with E-state index in [-0.39, 0.29) is 24.4 Å². The number of primary amides is 1. The highest BCUT2D eigenvalue weighted by atomic mass is 32.2. The van der Waals surface area contributed by atoms with Gasteiger partial charge in [-0.25, -0.2) is 4.39 Å². The number of carbonyl (C=O) groups excluding carboxylic acids is 2. The molecule has 2 aromatic carbocycles. The van der Waals surface area contributed by atoms with Crippen LogP contribution in [0.25, 0.3) is 0 Å². The number of carbonyl (C=O) groups is 2. The van der Waals surface area contributed by atoms with Crippen LogP contribution in [0.4, 0.5) is 4.39 Å². The summed E-state index contributed by atoms with van der Waals surface area (Å²) in [7, 11) is -1.28. The van der Waals surface area contributed by atoms with Crippen molar-refractivity contribution in [1.82, 2.24) is 5.32 Å². The van der Waals surface area contributed by atoms with E-state index in [4.69, 9.17) is 5.73 Å². The Labute approximate surface area is 147 Å². The highest BCUT2D eigenvalue weighted by molar-refractivity contribution is 7.85. The van der Waals surface area contributed by atoms with Crippen LogP contribution in [0.1, 0.15) is 12.0 Å². The van der Waals surface area contributed by atoms with Crippen molar-refractivity contribution in [2.45, 2.75) is 23.8 Å². The Morgan fingerprint density at radius 1 is 1.08 bits per heavy atom. The van der Waals surface area contributed by atoms with Crippen molar-refractivity contribution < 1.29 is 18.2 Å². The van der Waals surface area contributed by atoms with E-state index >= 15 is 0 Å². The number of halogens is 1. The van der Waals surface area contributed by atoms with E-state index in [1.165, 1.54) is 24.3 Å². The molecular weight excluding hydrogens is 343 g/mol. The Hall–Kier alpha value is -2.54. The maximum absolute atomic E-state index is 12.9. The van der Waals surface area contributed by atoms with Gasteiger partial charge in [0.1, 0.15) is 11.9 Å². The number of benzene rings is 2. The zero-order valence-electron chi connectivity index (χ0n) is 13.5. The Morgan fingerprint density at radius 3 is 2.32 bits per heavy atom. The summed E-state index contributed by atoms with van der Waals surface area (Å²) in [6.07, 6.45) is 0.178. The minimum atomic E-state index is -1.28. The van der Waals surface area contributed by atoms with Gasteiger partial charge in [-0.3, -0.25) is 13.8 Å². The first kappa shape index (κ1) is 18.8. The Morgan fingerprint density at radius 2 is 1.72 bits per heavy atom. The average Bonchev–Trinajstić information content (AvgIpc) is 2.60. The Balaban J connectivity index is 1.89. The monoisotopic (exact) mass is 362 g/mol. The molecule has 0 aliphatic heterocycles. The maximum Gasteiger partial charge on any atom is 0.240 e. The van der Waals surface area contributed by atoms with E-state index in [0.717, 1.165) is 0 Å². The predicted octanol–water partition coefficient (Wildman–Crippen LogP) is 1.54. The molecule has 132 valence electrons. The highest BCUT2D eigenvalue weighted by Crippen LogP contribution is 2.08. The largest absolute Gasteiger partial charge is 0.368 e. The fourth-order valence-corrected chi connectivity index (χ4v) is 3.38. The van der Waals surface area contributed by atoms with Gasteiger partial charge in [-0.1, -0.05) is 30.3 Å². The van der Waals surface area contributed by atoms with Gasteiger partial charge in [-0.2, -0.15) is 0 Å². The topological polar surface area (TPSA) is 89.3 Å². The van der Waals surface area contributed by atoms with Crippen LogP contribution < -0.4 is 11.1 Å². The van der Waals surface area contributed by atoms with Crippen LogP contribution in [-0.4, -0.2) is 27.8 Å². The zero-order valence-corrected chi connectivity index (χ0v) is 14.3. The van der Waals surface area contributed by atoms with Gasteiger partial charge >= 0.3 is 0 Å². The molecule has 0 bridgehead atoms. The van der Waals surface area contributed by atoms with Crippen LogP contribution in [0.2, 0.25) is 0 Å². The maximum atomic E-state index is 12.9. The standard InChI is InChI=1S/C18H19FN2O3S/c19-14-8-6-13(7-9-14)12-17(22)21-16(18(20)23)10-11-25(24)15-4-2-1-3-5-15/h1-9,16H,10-12H2,(H2,20,23)(H,21,22)/t16-,25+/m0/s1. The second-order valence-electron chi connectivity index (χ2n) is 5.48. The molecule has 0 aliphatic carbocycles. The molecule has 2 atom stereocenters. The quantitative estimate of drug-likeness (QED) is 0.746. The molecule has 0 spiro atoms. The lowest BCUT2D eigenvalue weighted by molar-refractivity contribution is -0.127. The SMILES string of the molecule is NC(=O)[C@H](CC[S@@](=O)c1ccccc1)NC(=O)Cc1ccc(F)cc1. The highest BCUT2D eigenvalue weighted by Gasteiger charge is 2.19. The van der Waals surface area contributed by atoms with Gasteiger partial charge in [0, 0.05) is 10.6 Å². The van der Waals surface area contributed by atoms with Gasteiger partial charge in [0.05, 0.1) is 17.2 Å². The van der Waals surface area contributed by atoms with Crippen LogP contribution in [0, 0.1) is 5.82 Å². The number of nitrogens with two attached hydrogens (primary N) is 1. The van der Waals surface area contributed by atoms with Crippen LogP contribution >= 0.6 is 0 Å². The van der Waals surface area contributed by atoms with Gasteiger partial charge < -0.3 is 11.1 Å². The van der Waals surface area contributed by atoms with E-state index in [9.17, 15) is 18.2 Å². The second-order valence-corrected chi connectivity index (χ2v) is 7.05. The third-order valence-corrected chi connectivity index (χ3v) is 4.96. The first-order valence-electron chi connectivity index (χ1n) is 7.72. The van der Waals surface area contributed by atoms with Gasteiger partial charge in [-0.05, 0) is 36.2 Å². The van der Waals surface area contributed by atoms with E-state index in [1.807, 2.05) is 6.07 Å². The van der Waals surface area contributed by atoms with Crippen LogP contribution in [-0.2, 0) is 26.8 Å². The van der Waals surface area contributed by atoms with Crippen LogP contribution in [0.15, 0.2) is 59.5 Å². The smallest absolute Gasteiger partial charge is 0.240 e. The first-order valence-corrected chi connectivity index (χ1v) is 9.04. The summed E-state index contributed by atoms with van der Waals surface area (Å²) in [5.74, 6) is -1.27. The van der Waals surface area contributed by atoms with E-state index < -0.39 is 28.7 Å². The number of rotatable bonds is 8. The van der Waals surface area contributed by atoms with Gasteiger partial charge in [-0.15, -0.1) is 0 Å². The van der Waals surface area contributed by atoms with Crippen molar-refractivity contribution in [3.8, 4) is 0 Å². The van der Waals surface area contributed by atoms with Crippen molar-refractivity contribution in [2.75, 3.05) is 5.75 Å². The lowest BCUT2D eigenvalue weighted by Gasteiger charge is -2.15. The van der Waals surface area contributed by atoms with Crippen molar-refractivity contribution >= 4 is 22.6 Å². The molecule has 2 aromatic rings. The molecule has 3 N–H and O–H groups in total. The normalized spacial score (nSPS) is 13.0. The molecule has 0 aliphatic rings. The average molecular weight is 362 g/mol. The van der Waals surface area contributed by atoms with Gasteiger partial charge in [0.2, 0.25) is 11.8 Å². The number of nitrogens with one attached hydrogen (secondary N) is 1. The lowest BCUT2D eigenvalue weighted by atomic mass is 10.1. The van der Waals surface area contributed by atoms with Crippen LogP contribution in [0.5, 0.6) is 0 Å². The van der Waals surface area contributed by atoms with Gasteiger partial charge in [0.25, 0.3) is 0 Å². The molecule has 0 saturated carbocycles. The molecule has 0 radical (unpaired) electrons. The fourth-order valence-electron chi connectivity index (χ4n) is 2.23. The van der Waals surface area contributed by atoms with E-state index in [2.05, 4.69) is 5.32 Å². The van der Waals surface area contributed by atoms with Crippen LogP contribution in [0.3, 0.4) is 0 Å². The minimum absolute atomic E-state index is 0.00579. The summed E-state index contributed by atoms with van der Waals surface area (Å²) in [4.78, 5) is 24.2. The molecule has 5 nitrogen and oxygen atoms in total. The van der Waals surface area contributed by atoms with Gasteiger partial charge in [0.15, 0.2) is 0 Å². The predicted molar refractivity (Wildman–Crippen MR) is 93.6 cm³/mol. The fraction of sp³-hybridized carbons (Fsp3) is 0.222. The summed E-state index contributed by atoms with van der Waals surface area (Å²) < 4.78 is 25.1. The third kappa shape index (κ3) is 6.11. The molecule has 0 aromatic heterocycles. The molecule has 0 saturated heterocycles. The summed E-state index contributed by atoms with van der Waals surface area (Å²) in [6.45, 7) is 0. The molecule has 0 fully saturated rings. The number of amides is 2.